The molecule has 0 aromatic carbocycles. The fourth-order valence-corrected chi connectivity index (χ4v) is 2.06. The van der Waals surface area contributed by atoms with E-state index in [0.29, 0.717) is 0 Å². The number of allylic oxidation sites excluding steroid dienone is 4. The second-order valence-corrected chi connectivity index (χ2v) is 3.92. The van der Waals surface area contributed by atoms with Crippen molar-refractivity contribution in [2.24, 2.45) is 0 Å². The van der Waals surface area contributed by atoms with Gasteiger partial charge in [-0.25, -0.2) is 0 Å². The molecule has 0 saturated carbocycles. The Hall–Kier alpha value is -0.000519. The van der Waals surface area contributed by atoms with E-state index in [2.05, 4.69) is 31.2 Å². The van der Waals surface area contributed by atoms with Crippen molar-refractivity contribution in [2.45, 2.75) is 23.5 Å². The van der Waals surface area contributed by atoms with Crippen molar-refractivity contribution >= 4 is 0 Å². The van der Waals surface area contributed by atoms with E-state index in [0.717, 1.165) is 19.8 Å². The first-order valence-corrected chi connectivity index (χ1v) is 4.88. The Balaban J connectivity index is 2.13. The molecular formula is C8H12Mn. The molecule has 0 heterocycles. The Morgan fingerprint density at radius 2 is 2.00 bits per heavy atom. The maximum absolute atomic E-state index is 2.29. The molecule has 0 aliphatic heterocycles. The molecule has 9 heavy (non-hydrogen) atoms. The molecule has 0 N–H and O–H groups in total. The number of rotatable bonds is 3. The first-order chi connectivity index (χ1) is 4.43. The van der Waals surface area contributed by atoms with Crippen LogP contribution in [0, 0.1) is 0 Å². The van der Waals surface area contributed by atoms with Crippen molar-refractivity contribution < 1.29 is 15.0 Å². The zero-order valence-corrected chi connectivity index (χ0v) is 6.86. The predicted molar refractivity (Wildman–Crippen MR) is 37.1 cm³/mol. The molecule has 0 unspecified atom stereocenters. The zero-order valence-electron chi connectivity index (χ0n) is 5.68. The van der Waals surface area contributed by atoms with Gasteiger partial charge in [-0.1, -0.05) is 0 Å². The average molecular weight is 163 g/mol. The van der Waals surface area contributed by atoms with Crippen LogP contribution in [0.15, 0.2) is 24.3 Å². The molecule has 0 amide bonds. The molecule has 51 valence electrons. The fourth-order valence-electron chi connectivity index (χ4n) is 0.743. The van der Waals surface area contributed by atoms with E-state index in [-0.39, 0.29) is 0 Å². The van der Waals surface area contributed by atoms with E-state index < -0.39 is 0 Å². The normalized spacial score (nSPS) is 17.4. The molecule has 0 saturated heterocycles. The van der Waals surface area contributed by atoms with Gasteiger partial charge in [0.15, 0.2) is 0 Å². The molecule has 0 radical (unpaired) electrons. The van der Waals surface area contributed by atoms with E-state index in [1.165, 1.54) is 11.7 Å². The second kappa shape index (κ2) is 3.92. The molecule has 1 heteroatoms. The summed E-state index contributed by atoms with van der Waals surface area (Å²) in [4.78, 5) is 0.786. The predicted octanol–water partition coefficient (Wildman–Crippen LogP) is 2.81. The third-order valence-electron chi connectivity index (χ3n) is 1.18. The third-order valence-corrected chi connectivity index (χ3v) is 3.12. The van der Waals surface area contributed by atoms with Crippen molar-refractivity contribution in [1.29, 1.82) is 0 Å². The Bertz CT molecular complexity index is 113. The van der Waals surface area contributed by atoms with Gasteiger partial charge in [0.05, 0.1) is 0 Å². The zero-order chi connectivity index (χ0) is 6.53. The van der Waals surface area contributed by atoms with Gasteiger partial charge < -0.3 is 0 Å². The van der Waals surface area contributed by atoms with Gasteiger partial charge in [-0.3, -0.25) is 0 Å². The number of hydrogen-bond donors (Lipinski definition) is 0. The number of hydrogen-bond acceptors (Lipinski definition) is 0. The summed E-state index contributed by atoms with van der Waals surface area (Å²) in [7, 11) is 0. The summed E-state index contributed by atoms with van der Waals surface area (Å²) in [6, 6.07) is 0. The van der Waals surface area contributed by atoms with Crippen molar-refractivity contribution in [1.82, 2.24) is 0 Å². The molecule has 0 bridgehead atoms. The van der Waals surface area contributed by atoms with E-state index in [1.807, 2.05) is 0 Å². The molecule has 1 rings (SSSR count). The SMILES string of the molecule is CC[CH2][Mn][CH]1C=CC=C1. The van der Waals surface area contributed by atoms with Crippen LogP contribution in [-0.2, 0) is 15.0 Å². The summed E-state index contributed by atoms with van der Waals surface area (Å²) in [6.45, 7) is 2.25. The summed E-state index contributed by atoms with van der Waals surface area (Å²) in [5, 5.41) is 1.39. The van der Waals surface area contributed by atoms with Crippen molar-refractivity contribution in [2.75, 3.05) is 0 Å². The van der Waals surface area contributed by atoms with Gasteiger partial charge in [-0.2, -0.15) is 0 Å². The Kier molecular flexibility index (Phi) is 3.10. The van der Waals surface area contributed by atoms with Crippen molar-refractivity contribution in [3.05, 3.63) is 24.3 Å². The molecule has 1 aliphatic rings. The molecule has 0 aromatic rings. The van der Waals surface area contributed by atoms with Crippen LogP contribution < -0.4 is 0 Å². The van der Waals surface area contributed by atoms with Crippen LogP contribution in [0.5, 0.6) is 0 Å². The van der Waals surface area contributed by atoms with Crippen LogP contribution in [0.3, 0.4) is 0 Å². The Labute approximate surface area is 63.2 Å². The second-order valence-electron chi connectivity index (χ2n) is 2.06. The van der Waals surface area contributed by atoms with E-state index in [9.17, 15) is 0 Å². The third kappa shape index (κ3) is 2.38. The molecule has 0 atom stereocenters. The van der Waals surface area contributed by atoms with Gasteiger partial charge in [-0.15, -0.1) is 0 Å². The molecule has 0 aromatic heterocycles. The molecular weight excluding hydrogens is 151 g/mol. The first-order valence-electron chi connectivity index (χ1n) is 3.36. The summed E-state index contributed by atoms with van der Waals surface area (Å²) >= 11 is 1.08. The van der Waals surface area contributed by atoms with Crippen molar-refractivity contribution in [3.8, 4) is 0 Å². The van der Waals surface area contributed by atoms with Crippen LogP contribution in [0.4, 0.5) is 0 Å². The fraction of sp³-hybridized carbons (Fsp3) is 0.500. The average Bonchev–Trinajstić information content (AvgIpc) is 2.34. The Morgan fingerprint density at radius 3 is 2.56 bits per heavy atom. The summed E-state index contributed by atoms with van der Waals surface area (Å²) in [5.74, 6) is 0. The molecule has 0 spiro atoms. The topological polar surface area (TPSA) is 0 Å². The van der Waals surface area contributed by atoms with Crippen LogP contribution >= 0.6 is 0 Å². The van der Waals surface area contributed by atoms with Crippen LogP contribution in [0.1, 0.15) is 13.3 Å². The van der Waals surface area contributed by atoms with Gasteiger partial charge in [0.25, 0.3) is 0 Å². The molecule has 0 fully saturated rings. The van der Waals surface area contributed by atoms with E-state index in [4.69, 9.17) is 0 Å². The van der Waals surface area contributed by atoms with Gasteiger partial charge in [0.2, 0.25) is 0 Å². The Morgan fingerprint density at radius 1 is 1.33 bits per heavy atom. The summed E-state index contributed by atoms with van der Waals surface area (Å²) in [6.07, 6.45) is 10.2. The van der Waals surface area contributed by atoms with E-state index in [1.54, 1.807) is 0 Å². The monoisotopic (exact) mass is 163 g/mol. The molecule has 1 aliphatic carbocycles. The summed E-state index contributed by atoms with van der Waals surface area (Å²) in [5.41, 5.74) is 0. The van der Waals surface area contributed by atoms with Crippen LogP contribution in [0.2, 0.25) is 10.1 Å². The maximum atomic E-state index is 2.29. The quantitative estimate of drug-likeness (QED) is 0.561. The minimum atomic E-state index is 0.786. The minimum absolute atomic E-state index is 0.786. The van der Waals surface area contributed by atoms with Gasteiger partial charge in [0, 0.05) is 0 Å². The van der Waals surface area contributed by atoms with Crippen molar-refractivity contribution in [3.63, 3.8) is 0 Å². The summed E-state index contributed by atoms with van der Waals surface area (Å²) < 4.78 is 0. The van der Waals surface area contributed by atoms with Gasteiger partial charge in [-0.05, 0) is 0 Å². The van der Waals surface area contributed by atoms with Gasteiger partial charge in [0.1, 0.15) is 0 Å². The van der Waals surface area contributed by atoms with Gasteiger partial charge >= 0.3 is 62.7 Å². The van der Waals surface area contributed by atoms with Crippen LogP contribution in [0.25, 0.3) is 0 Å². The molecule has 0 nitrogen and oxygen atoms in total. The standard InChI is InChI=1S/C5H5.C3H7.Mn/c1-2-4-5-3-1;1-3-2;/h1-5H;1,3H2,2H3;. The first kappa shape index (κ1) is 7.11. The van der Waals surface area contributed by atoms with E-state index >= 15 is 0 Å². The van der Waals surface area contributed by atoms with Crippen LogP contribution in [-0.4, -0.2) is 0 Å².